The standard InChI is InChI=1S/C14H25N3/c1-5-12-14(9-17(4)16-12)15-13-8-6-7-10(2)11(13)3/h9-11,13,15H,5-8H2,1-4H3. The summed E-state index contributed by atoms with van der Waals surface area (Å²) in [6.07, 6.45) is 7.14. The molecule has 1 saturated carbocycles. The fourth-order valence-electron chi connectivity index (χ4n) is 2.90. The molecular weight excluding hydrogens is 210 g/mol. The normalized spacial score (nSPS) is 29.3. The summed E-state index contributed by atoms with van der Waals surface area (Å²) in [6, 6.07) is 0.619. The Bertz CT molecular complexity index is 370. The maximum Gasteiger partial charge on any atom is 0.0853 e. The summed E-state index contributed by atoms with van der Waals surface area (Å²) in [7, 11) is 2.00. The Morgan fingerprint density at radius 1 is 1.41 bits per heavy atom. The molecule has 0 aromatic carbocycles. The van der Waals surface area contributed by atoms with Gasteiger partial charge in [0.15, 0.2) is 0 Å². The van der Waals surface area contributed by atoms with Gasteiger partial charge in [0.2, 0.25) is 0 Å². The van der Waals surface area contributed by atoms with Crippen LogP contribution in [0.4, 0.5) is 5.69 Å². The molecule has 0 bridgehead atoms. The smallest absolute Gasteiger partial charge is 0.0853 e. The number of hydrogen-bond acceptors (Lipinski definition) is 2. The second-order valence-electron chi connectivity index (χ2n) is 5.53. The number of nitrogens with zero attached hydrogens (tertiary/aromatic N) is 2. The topological polar surface area (TPSA) is 29.9 Å². The minimum absolute atomic E-state index is 0.619. The van der Waals surface area contributed by atoms with E-state index >= 15 is 0 Å². The van der Waals surface area contributed by atoms with E-state index in [-0.39, 0.29) is 0 Å². The summed E-state index contributed by atoms with van der Waals surface area (Å²) in [4.78, 5) is 0. The molecule has 17 heavy (non-hydrogen) atoms. The molecule has 1 fully saturated rings. The van der Waals surface area contributed by atoms with Crippen LogP contribution in [0.5, 0.6) is 0 Å². The van der Waals surface area contributed by atoms with Crippen LogP contribution in [0.15, 0.2) is 6.20 Å². The van der Waals surface area contributed by atoms with Gasteiger partial charge in [-0.1, -0.05) is 33.6 Å². The first-order chi connectivity index (χ1) is 8.11. The van der Waals surface area contributed by atoms with Gasteiger partial charge in [0.25, 0.3) is 0 Å². The summed E-state index contributed by atoms with van der Waals surface area (Å²) in [6.45, 7) is 6.92. The first-order valence-electron chi connectivity index (χ1n) is 6.90. The van der Waals surface area contributed by atoms with Gasteiger partial charge in [-0.25, -0.2) is 0 Å². The van der Waals surface area contributed by atoms with E-state index in [9.17, 15) is 0 Å². The maximum atomic E-state index is 4.49. The van der Waals surface area contributed by atoms with Crippen molar-refractivity contribution in [2.24, 2.45) is 18.9 Å². The first kappa shape index (κ1) is 12.5. The Morgan fingerprint density at radius 2 is 2.18 bits per heavy atom. The molecule has 1 aromatic rings. The van der Waals surface area contributed by atoms with Crippen molar-refractivity contribution in [1.82, 2.24) is 9.78 Å². The highest BCUT2D eigenvalue weighted by atomic mass is 15.3. The molecule has 0 radical (unpaired) electrons. The third kappa shape index (κ3) is 2.64. The minimum atomic E-state index is 0.619. The van der Waals surface area contributed by atoms with Crippen molar-refractivity contribution in [3.63, 3.8) is 0 Å². The molecule has 1 aliphatic carbocycles. The quantitative estimate of drug-likeness (QED) is 0.871. The molecule has 1 N–H and O–H groups in total. The molecule has 3 atom stereocenters. The molecule has 1 aliphatic rings. The van der Waals surface area contributed by atoms with E-state index in [0.717, 1.165) is 18.3 Å². The summed E-state index contributed by atoms with van der Waals surface area (Å²) in [5.74, 6) is 1.59. The van der Waals surface area contributed by atoms with Crippen LogP contribution in [-0.2, 0) is 13.5 Å². The number of rotatable bonds is 3. The van der Waals surface area contributed by atoms with Crippen molar-refractivity contribution in [2.45, 2.75) is 52.5 Å². The molecule has 0 amide bonds. The lowest BCUT2D eigenvalue weighted by atomic mass is 9.78. The second-order valence-corrected chi connectivity index (χ2v) is 5.53. The molecule has 0 aliphatic heterocycles. The highest BCUT2D eigenvalue weighted by Gasteiger charge is 2.27. The molecule has 1 aromatic heterocycles. The third-order valence-electron chi connectivity index (χ3n) is 4.29. The van der Waals surface area contributed by atoms with E-state index in [1.807, 2.05) is 11.7 Å². The van der Waals surface area contributed by atoms with Gasteiger partial charge in [-0.05, 0) is 24.7 Å². The largest absolute Gasteiger partial charge is 0.379 e. The summed E-state index contributed by atoms with van der Waals surface area (Å²) in [5, 5.41) is 8.21. The Balaban J connectivity index is 2.08. The van der Waals surface area contributed by atoms with Crippen LogP contribution in [-0.4, -0.2) is 15.8 Å². The van der Waals surface area contributed by atoms with Crippen molar-refractivity contribution in [2.75, 3.05) is 5.32 Å². The number of aryl methyl sites for hydroxylation is 2. The van der Waals surface area contributed by atoms with Crippen LogP contribution in [0.3, 0.4) is 0 Å². The van der Waals surface area contributed by atoms with Crippen molar-refractivity contribution in [1.29, 1.82) is 0 Å². The van der Waals surface area contributed by atoms with Crippen LogP contribution in [0.1, 0.15) is 45.7 Å². The average molecular weight is 235 g/mol. The van der Waals surface area contributed by atoms with Gasteiger partial charge in [-0.2, -0.15) is 5.10 Å². The van der Waals surface area contributed by atoms with E-state index in [4.69, 9.17) is 0 Å². The molecule has 0 saturated heterocycles. The molecule has 0 spiro atoms. The van der Waals surface area contributed by atoms with Crippen molar-refractivity contribution in [3.8, 4) is 0 Å². The van der Waals surface area contributed by atoms with Gasteiger partial charge < -0.3 is 5.32 Å². The molecule has 3 nitrogen and oxygen atoms in total. The summed E-state index contributed by atoms with van der Waals surface area (Å²) < 4.78 is 1.91. The Labute approximate surface area is 105 Å². The van der Waals surface area contributed by atoms with E-state index in [1.165, 1.54) is 30.6 Å². The van der Waals surface area contributed by atoms with Gasteiger partial charge in [0.1, 0.15) is 0 Å². The van der Waals surface area contributed by atoms with Gasteiger partial charge >= 0.3 is 0 Å². The van der Waals surface area contributed by atoms with E-state index in [1.54, 1.807) is 0 Å². The molecule has 3 unspecified atom stereocenters. The van der Waals surface area contributed by atoms with E-state index < -0.39 is 0 Å². The lowest BCUT2D eigenvalue weighted by molar-refractivity contribution is 0.253. The number of aromatic nitrogens is 2. The molecule has 96 valence electrons. The number of anilines is 1. The fraction of sp³-hybridized carbons (Fsp3) is 0.786. The van der Waals surface area contributed by atoms with Crippen LogP contribution in [0, 0.1) is 11.8 Å². The fourth-order valence-corrected chi connectivity index (χ4v) is 2.90. The molecule has 1 heterocycles. The lowest BCUT2D eigenvalue weighted by Gasteiger charge is -2.35. The zero-order valence-electron chi connectivity index (χ0n) is 11.5. The Hall–Kier alpha value is -0.990. The zero-order chi connectivity index (χ0) is 12.4. The summed E-state index contributed by atoms with van der Waals surface area (Å²) in [5.41, 5.74) is 2.43. The second kappa shape index (κ2) is 5.11. The molecular formula is C14H25N3. The maximum absolute atomic E-state index is 4.49. The molecule has 2 rings (SSSR count). The summed E-state index contributed by atoms with van der Waals surface area (Å²) >= 11 is 0. The number of nitrogens with one attached hydrogen (secondary N) is 1. The van der Waals surface area contributed by atoms with Gasteiger partial charge in [-0.3, -0.25) is 4.68 Å². The van der Waals surface area contributed by atoms with Crippen molar-refractivity contribution >= 4 is 5.69 Å². The highest BCUT2D eigenvalue weighted by Crippen LogP contribution is 2.32. The first-order valence-corrected chi connectivity index (χ1v) is 6.90. The average Bonchev–Trinajstić information content (AvgIpc) is 2.65. The Morgan fingerprint density at radius 3 is 2.88 bits per heavy atom. The van der Waals surface area contributed by atoms with E-state index in [0.29, 0.717) is 6.04 Å². The SMILES string of the molecule is CCc1nn(C)cc1NC1CCCC(C)C1C. The van der Waals surface area contributed by atoms with Crippen LogP contribution in [0.2, 0.25) is 0 Å². The minimum Gasteiger partial charge on any atom is -0.379 e. The molecule has 3 heteroatoms. The predicted octanol–water partition coefficient (Wildman–Crippen LogP) is 3.22. The van der Waals surface area contributed by atoms with Crippen LogP contribution >= 0.6 is 0 Å². The van der Waals surface area contributed by atoms with Gasteiger partial charge in [0.05, 0.1) is 11.4 Å². The monoisotopic (exact) mass is 235 g/mol. The predicted molar refractivity (Wildman–Crippen MR) is 72.2 cm³/mol. The third-order valence-corrected chi connectivity index (χ3v) is 4.29. The highest BCUT2D eigenvalue weighted by molar-refractivity contribution is 5.47. The van der Waals surface area contributed by atoms with Crippen LogP contribution in [0.25, 0.3) is 0 Å². The lowest BCUT2D eigenvalue weighted by Crippen LogP contribution is -2.35. The number of hydrogen-bond donors (Lipinski definition) is 1. The van der Waals surface area contributed by atoms with E-state index in [2.05, 4.69) is 37.4 Å². The van der Waals surface area contributed by atoms with Gasteiger partial charge in [-0.15, -0.1) is 0 Å². The van der Waals surface area contributed by atoms with Crippen LogP contribution < -0.4 is 5.32 Å². The van der Waals surface area contributed by atoms with Gasteiger partial charge in [0, 0.05) is 19.3 Å². The Kier molecular flexibility index (Phi) is 3.75. The zero-order valence-corrected chi connectivity index (χ0v) is 11.5. The van der Waals surface area contributed by atoms with Crippen molar-refractivity contribution < 1.29 is 0 Å². The van der Waals surface area contributed by atoms with Crippen molar-refractivity contribution in [3.05, 3.63) is 11.9 Å².